The summed E-state index contributed by atoms with van der Waals surface area (Å²) in [6.45, 7) is 1.99. The predicted octanol–water partition coefficient (Wildman–Crippen LogP) is 0.143. The summed E-state index contributed by atoms with van der Waals surface area (Å²) < 4.78 is 21.8. The summed E-state index contributed by atoms with van der Waals surface area (Å²) in [6.07, 6.45) is 0. The zero-order chi connectivity index (χ0) is 8.20. The largest absolute Gasteiger partial charge is 0.329 e. The van der Waals surface area contributed by atoms with Crippen LogP contribution in [0.5, 0.6) is 0 Å². The summed E-state index contributed by atoms with van der Waals surface area (Å²) in [7, 11) is -2.86. The summed E-state index contributed by atoms with van der Waals surface area (Å²) in [4.78, 5) is -0.0996. The smallest absolute Gasteiger partial charge is 0.151 e. The molecule has 0 aromatic carbocycles. The number of nitrogens with two attached hydrogens (primary N) is 1. The molecule has 1 unspecified atom stereocenters. The molecule has 0 heterocycles. The van der Waals surface area contributed by atoms with E-state index in [1.54, 1.807) is 6.92 Å². The van der Waals surface area contributed by atoms with Gasteiger partial charge < -0.3 is 5.73 Å². The minimum Gasteiger partial charge on any atom is -0.329 e. The van der Waals surface area contributed by atoms with E-state index in [0.29, 0.717) is 6.54 Å². The van der Waals surface area contributed by atoms with Crippen LogP contribution in [-0.4, -0.2) is 31.3 Å². The van der Waals surface area contributed by atoms with Gasteiger partial charge in [-0.1, -0.05) is 22.9 Å². The maximum atomic E-state index is 10.9. The van der Waals surface area contributed by atoms with Gasteiger partial charge in [0.2, 0.25) is 0 Å². The molecule has 0 saturated carbocycles. The number of hydrogen-bond acceptors (Lipinski definition) is 3. The number of sulfone groups is 1. The average Bonchev–Trinajstić information content (AvgIpc) is 1.87. The van der Waals surface area contributed by atoms with Crippen molar-refractivity contribution in [2.45, 2.75) is 11.8 Å². The Kier molecular flexibility index (Phi) is 4.47. The molecule has 0 amide bonds. The zero-order valence-electron chi connectivity index (χ0n) is 5.88. The third-order valence-corrected chi connectivity index (χ3v) is 4.05. The van der Waals surface area contributed by atoms with Crippen LogP contribution >= 0.6 is 15.9 Å². The van der Waals surface area contributed by atoms with E-state index in [4.69, 9.17) is 5.73 Å². The van der Waals surface area contributed by atoms with Gasteiger partial charge in [0.05, 0.1) is 5.75 Å². The Morgan fingerprint density at radius 1 is 1.60 bits per heavy atom. The minimum atomic E-state index is -2.86. The summed E-state index contributed by atoms with van der Waals surface area (Å²) in [5.41, 5.74) is 5.22. The summed E-state index contributed by atoms with van der Waals surface area (Å²) in [6, 6.07) is 0. The van der Waals surface area contributed by atoms with Crippen molar-refractivity contribution in [1.82, 2.24) is 0 Å². The Morgan fingerprint density at radius 2 is 2.10 bits per heavy atom. The van der Waals surface area contributed by atoms with Crippen LogP contribution in [0.25, 0.3) is 0 Å². The first-order valence-corrected chi connectivity index (χ1v) is 5.80. The lowest BCUT2D eigenvalue weighted by atomic mass is 10.5. The fourth-order valence-corrected chi connectivity index (χ4v) is 2.59. The van der Waals surface area contributed by atoms with Crippen LogP contribution in [-0.2, 0) is 9.84 Å². The highest BCUT2D eigenvalue weighted by molar-refractivity contribution is 9.09. The van der Waals surface area contributed by atoms with Gasteiger partial charge in [0.1, 0.15) is 0 Å². The van der Waals surface area contributed by atoms with Gasteiger partial charge >= 0.3 is 0 Å². The molecule has 62 valence electrons. The van der Waals surface area contributed by atoms with Gasteiger partial charge in [-0.3, -0.25) is 0 Å². The Morgan fingerprint density at radius 3 is 2.40 bits per heavy atom. The summed E-state index contributed by atoms with van der Waals surface area (Å²) >= 11 is 3.15. The molecule has 0 aromatic rings. The lowest BCUT2D eigenvalue weighted by Crippen LogP contribution is -2.24. The fraction of sp³-hybridized carbons (Fsp3) is 1.00. The lowest BCUT2D eigenvalue weighted by Gasteiger charge is -2.04. The van der Waals surface area contributed by atoms with Gasteiger partial charge in [0, 0.05) is 17.1 Å². The molecule has 0 saturated heterocycles. The molecule has 0 aliphatic heterocycles. The first-order chi connectivity index (χ1) is 4.52. The normalized spacial score (nSPS) is 15.1. The van der Waals surface area contributed by atoms with Crippen molar-refractivity contribution in [2.75, 3.05) is 18.1 Å². The SMILES string of the molecule is CCS(=O)(=O)CC(Br)CN. The lowest BCUT2D eigenvalue weighted by molar-refractivity contribution is 0.596. The van der Waals surface area contributed by atoms with Gasteiger partial charge in [0.15, 0.2) is 9.84 Å². The van der Waals surface area contributed by atoms with Crippen LogP contribution < -0.4 is 5.73 Å². The molecule has 0 radical (unpaired) electrons. The van der Waals surface area contributed by atoms with E-state index in [1.807, 2.05) is 0 Å². The van der Waals surface area contributed by atoms with Crippen molar-refractivity contribution in [3.63, 3.8) is 0 Å². The molecule has 2 N–H and O–H groups in total. The predicted molar refractivity (Wildman–Crippen MR) is 46.1 cm³/mol. The van der Waals surface area contributed by atoms with Gasteiger partial charge in [0.25, 0.3) is 0 Å². The van der Waals surface area contributed by atoms with Gasteiger partial charge in [-0.25, -0.2) is 8.42 Å². The summed E-state index contributed by atoms with van der Waals surface area (Å²) in [5.74, 6) is 0.328. The highest BCUT2D eigenvalue weighted by Crippen LogP contribution is 2.02. The maximum Gasteiger partial charge on any atom is 0.151 e. The van der Waals surface area contributed by atoms with E-state index in [0.717, 1.165) is 0 Å². The molecule has 10 heavy (non-hydrogen) atoms. The van der Waals surface area contributed by atoms with Gasteiger partial charge in [-0.2, -0.15) is 0 Å². The third-order valence-electron chi connectivity index (χ3n) is 1.13. The molecular formula is C5H12BrNO2S. The Bertz CT molecular complexity index is 178. The van der Waals surface area contributed by atoms with Crippen LogP contribution in [0.15, 0.2) is 0 Å². The molecule has 0 aromatic heterocycles. The minimum absolute atomic E-state index is 0.0996. The first kappa shape index (κ1) is 10.4. The fourth-order valence-electron chi connectivity index (χ4n) is 0.461. The maximum absolute atomic E-state index is 10.9. The molecule has 0 bridgehead atoms. The zero-order valence-corrected chi connectivity index (χ0v) is 8.28. The molecule has 0 fully saturated rings. The number of halogens is 1. The number of rotatable bonds is 4. The van der Waals surface area contributed by atoms with Gasteiger partial charge in [-0.15, -0.1) is 0 Å². The third kappa shape index (κ3) is 4.24. The van der Waals surface area contributed by atoms with E-state index >= 15 is 0 Å². The Hall–Kier alpha value is 0.390. The van der Waals surface area contributed by atoms with E-state index in [-0.39, 0.29) is 16.3 Å². The van der Waals surface area contributed by atoms with Crippen LogP contribution in [0.3, 0.4) is 0 Å². The highest BCUT2D eigenvalue weighted by atomic mass is 79.9. The average molecular weight is 230 g/mol. The second-order valence-corrected chi connectivity index (χ2v) is 5.72. The highest BCUT2D eigenvalue weighted by Gasteiger charge is 2.12. The van der Waals surface area contributed by atoms with E-state index in [9.17, 15) is 8.42 Å². The van der Waals surface area contributed by atoms with Crippen molar-refractivity contribution in [3.05, 3.63) is 0 Å². The van der Waals surface area contributed by atoms with Crippen molar-refractivity contribution >= 4 is 25.8 Å². The van der Waals surface area contributed by atoms with Crippen molar-refractivity contribution in [2.24, 2.45) is 5.73 Å². The molecular weight excluding hydrogens is 218 g/mol. The quantitative estimate of drug-likeness (QED) is 0.699. The standard InChI is InChI=1S/C5H12BrNO2S/c1-2-10(8,9)4-5(6)3-7/h5H,2-4,7H2,1H3. The monoisotopic (exact) mass is 229 g/mol. The van der Waals surface area contributed by atoms with Crippen molar-refractivity contribution in [1.29, 1.82) is 0 Å². The second kappa shape index (κ2) is 4.31. The summed E-state index contributed by atoms with van der Waals surface area (Å²) in [5, 5.41) is 0. The molecule has 0 rings (SSSR count). The van der Waals surface area contributed by atoms with E-state index in [2.05, 4.69) is 15.9 Å². The topological polar surface area (TPSA) is 60.2 Å². The van der Waals surface area contributed by atoms with E-state index < -0.39 is 9.84 Å². The van der Waals surface area contributed by atoms with Crippen LogP contribution in [0.1, 0.15) is 6.92 Å². The molecule has 0 aliphatic carbocycles. The van der Waals surface area contributed by atoms with Crippen LogP contribution in [0.4, 0.5) is 0 Å². The van der Waals surface area contributed by atoms with E-state index in [1.165, 1.54) is 0 Å². The Balaban J connectivity index is 3.90. The second-order valence-electron chi connectivity index (χ2n) is 2.03. The van der Waals surface area contributed by atoms with Crippen LogP contribution in [0, 0.1) is 0 Å². The first-order valence-electron chi connectivity index (χ1n) is 3.06. The Labute approximate surface area is 70.0 Å². The molecule has 0 aliphatic rings. The van der Waals surface area contributed by atoms with Crippen molar-refractivity contribution in [3.8, 4) is 0 Å². The number of hydrogen-bond donors (Lipinski definition) is 1. The molecule has 1 atom stereocenters. The van der Waals surface area contributed by atoms with Gasteiger partial charge in [-0.05, 0) is 0 Å². The van der Waals surface area contributed by atoms with Crippen molar-refractivity contribution < 1.29 is 8.42 Å². The molecule has 0 spiro atoms. The molecule has 3 nitrogen and oxygen atoms in total. The molecule has 5 heteroatoms. The number of alkyl halides is 1. The van der Waals surface area contributed by atoms with Crippen LogP contribution in [0.2, 0.25) is 0 Å².